The normalized spacial score (nSPS) is 11.1. The van der Waals surface area contributed by atoms with Crippen molar-refractivity contribution in [1.29, 1.82) is 0 Å². The van der Waals surface area contributed by atoms with Gasteiger partial charge in [-0.05, 0) is 55.3 Å². The molecule has 8 heteroatoms. The number of rotatable bonds is 10. The smallest absolute Gasteiger partial charge is 0.250 e. The van der Waals surface area contributed by atoms with Crippen LogP contribution >= 0.6 is 35.7 Å². The van der Waals surface area contributed by atoms with Crippen LogP contribution in [0.4, 0.5) is 4.39 Å². The van der Waals surface area contributed by atoms with E-state index < -0.39 is 0 Å². The van der Waals surface area contributed by atoms with Gasteiger partial charge in [-0.15, -0.1) is 24.0 Å². The van der Waals surface area contributed by atoms with Gasteiger partial charge < -0.3 is 15.2 Å². The second kappa shape index (κ2) is 14.4. The Morgan fingerprint density at radius 3 is 2.72 bits per heavy atom. The van der Waals surface area contributed by atoms with Crippen molar-refractivity contribution in [3.05, 3.63) is 69.9 Å². The molecule has 0 bridgehead atoms. The highest BCUT2D eigenvalue weighted by molar-refractivity contribution is 14.0. The van der Waals surface area contributed by atoms with E-state index in [9.17, 15) is 9.18 Å². The fraction of sp³-hybridized carbons (Fsp3) is 0.429. The van der Waals surface area contributed by atoms with Gasteiger partial charge in [0.15, 0.2) is 5.96 Å². The number of hydrogen-bond acceptors (Lipinski definition) is 3. The molecule has 0 amide bonds. The number of nitrogens with one attached hydrogen (secondary N) is 2. The van der Waals surface area contributed by atoms with Crippen molar-refractivity contribution in [3.8, 4) is 0 Å². The fourth-order valence-corrected chi connectivity index (χ4v) is 3.38. The lowest BCUT2D eigenvalue weighted by molar-refractivity contribution is 0.585. The Morgan fingerprint density at radius 1 is 1.17 bits per heavy atom. The molecule has 0 fully saturated rings. The second-order valence-electron chi connectivity index (χ2n) is 6.41. The standard InChI is InChI=1S/C21H29FN4OS.HI/c1-3-23-21(24-11-5-7-13-26-12-6-4-8-20(26)27)25-15-17-9-10-19(22)14-18(17)16-28-2;/h4,6,8-10,12,14H,3,5,7,11,13,15-16H2,1-2H3,(H2,23,24,25);1H. The molecule has 2 N–H and O–H groups in total. The molecule has 1 aromatic carbocycles. The molecule has 0 spiro atoms. The summed E-state index contributed by atoms with van der Waals surface area (Å²) in [6.45, 7) is 4.78. The van der Waals surface area contributed by atoms with Crippen molar-refractivity contribution in [2.75, 3.05) is 19.3 Å². The Bertz CT molecular complexity index is 828. The average Bonchev–Trinajstić information content (AvgIpc) is 2.68. The first-order valence-corrected chi connectivity index (χ1v) is 11.0. The minimum Gasteiger partial charge on any atom is -0.357 e. The number of hydrogen-bond donors (Lipinski definition) is 2. The average molecular weight is 532 g/mol. The van der Waals surface area contributed by atoms with Crippen LogP contribution in [-0.4, -0.2) is 29.9 Å². The van der Waals surface area contributed by atoms with Crippen molar-refractivity contribution >= 4 is 41.7 Å². The largest absolute Gasteiger partial charge is 0.357 e. The number of benzene rings is 1. The van der Waals surface area contributed by atoms with E-state index >= 15 is 0 Å². The molecule has 2 aromatic rings. The van der Waals surface area contributed by atoms with Crippen LogP contribution in [0.3, 0.4) is 0 Å². The molecule has 2 rings (SSSR count). The fourth-order valence-electron chi connectivity index (χ4n) is 2.80. The van der Waals surface area contributed by atoms with Crippen molar-refractivity contribution in [3.63, 3.8) is 0 Å². The molecule has 0 unspecified atom stereocenters. The number of guanidine groups is 1. The molecule has 5 nitrogen and oxygen atoms in total. The summed E-state index contributed by atoms with van der Waals surface area (Å²) in [6.07, 6.45) is 5.66. The molecule has 0 radical (unpaired) electrons. The summed E-state index contributed by atoms with van der Waals surface area (Å²) >= 11 is 1.67. The lowest BCUT2D eigenvalue weighted by Gasteiger charge is -2.12. The summed E-state index contributed by atoms with van der Waals surface area (Å²) in [7, 11) is 0. The molecule has 0 saturated heterocycles. The van der Waals surface area contributed by atoms with Crippen LogP contribution in [0.5, 0.6) is 0 Å². The molecule has 29 heavy (non-hydrogen) atoms. The number of nitrogens with zero attached hydrogens (tertiary/aromatic N) is 2. The first kappa shape index (κ1) is 25.5. The maximum atomic E-state index is 13.5. The number of aromatic nitrogens is 1. The highest BCUT2D eigenvalue weighted by Crippen LogP contribution is 2.17. The Kier molecular flexibility index (Phi) is 12.7. The first-order chi connectivity index (χ1) is 13.6. The number of aryl methyl sites for hydroxylation is 1. The van der Waals surface area contributed by atoms with Crippen LogP contribution in [0.15, 0.2) is 52.4 Å². The third kappa shape index (κ3) is 9.20. The SMILES string of the molecule is CCNC(=NCc1ccc(F)cc1CSC)NCCCCn1ccccc1=O.I. The van der Waals surface area contributed by atoms with E-state index in [2.05, 4.69) is 15.6 Å². The lowest BCUT2D eigenvalue weighted by atomic mass is 10.1. The van der Waals surface area contributed by atoms with E-state index in [-0.39, 0.29) is 35.4 Å². The molecule has 0 aliphatic heterocycles. The summed E-state index contributed by atoms with van der Waals surface area (Å²) in [4.78, 5) is 16.3. The molecule has 0 aliphatic rings. The monoisotopic (exact) mass is 532 g/mol. The van der Waals surface area contributed by atoms with Crippen LogP contribution in [0, 0.1) is 5.82 Å². The predicted molar refractivity (Wildman–Crippen MR) is 132 cm³/mol. The number of thioether (sulfide) groups is 1. The maximum Gasteiger partial charge on any atom is 0.250 e. The van der Waals surface area contributed by atoms with Gasteiger partial charge in [0.2, 0.25) is 5.56 Å². The Morgan fingerprint density at radius 2 is 2.00 bits per heavy atom. The van der Waals surface area contributed by atoms with E-state index in [0.717, 1.165) is 48.8 Å². The van der Waals surface area contributed by atoms with E-state index in [1.807, 2.05) is 31.5 Å². The van der Waals surface area contributed by atoms with Gasteiger partial charge in [-0.25, -0.2) is 9.38 Å². The van der Waals surface area contributed by atoms with Gasteiger partial charge in [-0.1, -0.05) is 12.1 Å². The van der Waals surface area contributed by atoms with Gasteiger partial charge in [-0.3, -0.25) is 4.79 Å². The Balaban J connectivity index is 0.00000420. The number of halogens is 2. The van der Waals surface area contributed by atoms with Crippen molar-refractivity contribution < 1.29 is 4.39 Å². The highest BCUT2D eigenvalue weighted by atomic mass is 127. The van der Waals surface area contributed by atoms with Gasteiger partial charge >= 0.3 is 0 Å². The molecule has 0 atom stereocenters. The molecule has 1 heterocycles. The summed E-state index contributed by atoms with van der Waals surface area (Å²) < 4.78 is 15.2. The Hall–Kier alpha value is -1.55. The number of aliphatic imine (C=N–C) groups is 1. The molecular weight excluding hydrogens is 502 g/mol. The molecule has 160 valence electrons. The predicted octanol–water partition coefficient (Wildman–Crippen LogP) is 4.00. The van der Waals surface area contributed by atoms with E-state index in [1.165, 1.54) is 6.07 Å². The molecule has 1 aromatic heterocycles. The molecule has 0 aliphatic carbocycles. The van der Waals surface area contributed by atoms with Crippen LogP contribution in [0.1, 0.15) is 30.9 Å². The number of pyridine rings is 1. The summed E-state index contributed by atoms with van der Waals surface area (Å²) in [5.41, 5.74) is 2.06. The zero-order valence-electron chi connectivity index (χ0n) is 17.0. The van der Waals surface area contributed by atoms with Crippen molar-refractivity contribution in [2.24, 2.45) is 4.99 Å². The lowest BCUT2D eigenvalue weighted by Crippen LogP contribution is -2.37. The van der Waals surface area contributed by atoms with Crippen LogP contribution in [0.2, 0.25) is 0 Å². The van der Waals surface area contributed by atoms with Gasteiger partial charge in [0.05, 0.1) is 6.54 Å². The number of unbranched alkanes of at least 4 members (excludes halogenated alkanes) is 1. The highest BCUT2D eigenvalue weighted by Gasteiger charge is 2.05. The third-order valence-corrected chi connectivity index (χ3v) is 4.84. The maximum absolute atomic E-state index is 13.5. The third-order valence-electron chi connectivity index (χ3n) is 4.24. The van der Waals surface area contributed by atoms with Crippen molar-refractivity contribution in [2.45, 2.75) is 38.6 Å². The first-order valence-electron chi connectivity index (χ1n) is 9.58. The van der Waals surface area contributed by atoms with Gasteiger partial charge in [0, 0.05) is 37.7 Å². The van der Waals surface area contributed by atoms with Crippen LogP contribution < -0.4 is 16.2 Å². The molecule has 0 saturated carbocycles. The topological polar surface area (TPSA) is 58.4 Å². The van der Waals surface area contributed by atoms with Gasteiger partial charge in [0.25, 0.3) is 0 Å². The second-order valence-corrected chi connectivity index (χ2v) is 7.27. The van der Waals surface area contributed by atoms with E-state index in [1.54, 1.807) is 34.5 Å². The summed E-state index contributed by atoms with van der Waals surface area (Å²) in [6, 6.07) is 10.1. The van der Waals surface area contributed by atoms with E-state index in [0.29, 0.717) is 13.1 Å². The van der Waals surface area contributed by atoms with E-state index in [4.69, 9.17) is 0 Å². The summed E-state index contributed by atoms with van der Waals surface area (Å²) in [5.74, 6) is 1.31. The molecular formula is C21H30FIN4OS. The zero-order chi connectivity index (χ0) is 20.2. The minimum atomic E-state index is -0.209. The van der Waals surface area contributed by atoms with Gasteiger partial charge in [0.1, 0.15) is 5.82 Å². The quantitative estimate of drug-likeness (QED) is 0.210. The van der Waals surface area contributed by atoms with Crippen LogP contribution in [-0.2, 0) is 18.8 Å². The van der Waals surface area contributed by atoms with Crippen molar-refractivity contribution in [1.82, 2.24) is 15.2 Å². The van der Waals surface area contributed by atoms with Crippen LogP contribution in [0.25, 0.3) is 0 Å². The Labute approximate surface area is 193 Å². The van der Waals surface area contributed by atoms with Gasteiger partial charge in [-0.2, -0.15) is 11.8 Å². The zero-order valence-corrected chi connectivity index (χ0v) is 20.1. The minimum absolute atomic E-state index is 0. The summed E-state index contributed by atoms with van der Waals surface area (Å²) in [5, 5.41) is 6.56.